The predicted octanol–water partition coefficient (Wildman–Crippen LogP) is 3.01. The highest BCUT2D eigenvalue weighted by Gasteiger charge is 2.20. The Morgan fingerprint density at radius 1 is 1.33 bits per heavy atom. The van der Waals surface area contributed by atoms with E-state index in [0.29, 0.717) is 34.0 Å². The van der Waals surface area contributed by atoms with Crippen LogP contribution in [-0.4, -0.2) is 43.3 Å². The molecule has 1 aromatic rings. The molecular formula is C12H13Cl2NO2S. The van der Waals surface area contributed by atoms with Crippen LogP contribution in [0.1, 0.15) is 5.56 Å². The van der Waals surface area contributed by atoms with Gasteiger partial charge in [0.1, 0.15) is 10.7 Å². The number of nitrogens with zero attached hydrogens (tertiary/aromatic N) is 1. The van der Waals surface area contributed by atoms with E-state index in [9.17, 15) is 0 Å². The quantitative estimate of drug-likeness (QED) is 0.783. The average Bonchev–Trinajstić information content (AvgIpc) is 2.38. The molecule has 0 unspecified atom stereocenters. The van der Waals surface area contributed by atoms with Crippen molar-refractivity contribution in [1.82, 2.24) is 4.90 Å². The number of ether oxygens (including phenoxy) is 2. The Hall–Kier alpha value is -0.550. The summed E-state index contributed by atoms with van der Waals surface area (Å²) in [5, 5.41) is 1.02. The smallest absolute Gasteiger partial charge is 0.147 e. The van der Waals surface area contributed by atoms with Crippen molar-refractivity contribution >= 4 is 40.4 Å². The lowest BCUT2D eigenvalue weighted by Gasteiger charge is -2.30. The van der Waals surface area contributed by atoms with Crippen LogP contribution in [0, 0.1) is 0 Å². The van der Waals surface area contributed by atoms with Crippen LogP contribution in [-0.2, 0) is 4.74 Å². The van der Waals surface area contributed by atoms with Crippen molar-refractivity contribution in [2.24, 2.45) is 0 Å². The molecule has 98 valence electrons. The summed E-state index contributed by atoms with van der Waals surface area (Å²) >= 11 is 17.6. The maximum atomic E-state index is 6.11. The largest absolute Gasteiger partial charge is 0.494 e. The molecule has 0 N–H and O–H groups in total. The first-order valence-electron chi connectivity index (χ1n) is 5.53. The van der Waals surface area contributed by atoms with Gasteiger partial charge in [-0.3, -0.25) is 0 Å². The minimum absolute atomic E-state index is 0.468. The molecule has 1 aliphatic rings. The highest BCUT2D eigenvalue weighted by Crippen LogP contribution is 2.33. The van der Waals surface area contributed by atoms with Gasteiger partial charge in [0.25, 0.3) is 0 Å². The average molecular weight is 306 g/mol. The van der Waals surface area contributed by atoms with Gasteiger partial charge >= 0.3 is 0 Å². The molecule has 0 saturated carbocycles. The Kier molecular flexibility index (Phi) is 4.67. The number of rotatable bonds is 2. The molecular weight excluding hydrogens is 293 g/mol. The van der Waals surface area contributed by atoms with Crippen molar-refractivity contribution in [2.75, 3.05) is 33.4 Å². The zero-order chi connectivity index (χ0) is 13.1. The fraction of sp³-hybridized carbons (Fsp3) is 0.417. The van der Waals surface area contributed by atoms with Crippen LogP contribution in [0.15, 0.2) is 12.1 Å². The van der Waals surface area contributed by atoms with Crippen LogP contribution < -0.4 is 4.74 Å². The maximum absolute atomic E-state index is 6.11. The summed E-state index contributed by atoms with van der Waals surface area (Å²) < 4.78 is 10.6. The number of halogens is 2. The van der Waals surface area contributed by atoms with Gasteiger partial charge in [-0.05, 0) is 12.1 Å². The van der Waals surface area contributed by atoms with Crippen molar-refractivity contribution < 1.29 is 9.47 Å². The Balaban J connectivity index is 2.33. The van der Waals surface area contributed by atoms with Crippen LogP contribution in [0.2, 0.25) is 10.0 Å². The van der Waals surface area contributed by atoms with Crippen molar-refractivity contribution in [2.45, 2.75) is 0 Å². The van der Waals surface area contributed by atoms with E-state index in [2.05, 4.69) is 4.90 Å². The van der Waals surface area contributed by atoms with Crippen LogP contribution in [0.4, 0.5) is 0 Å². The van der Waals surface area contributed by atoms with Crippen LogP contribution in [0.5, 0.6) is 5.75 Å². The first kappa shape index (κ1) is 13.9. The van der Waals surface area contributed by atoms with Crippen molar-refractivity contribution in [3.8, 4) is 5.75 Å². The topological polar surface area (TPSA) is 21.7 Å². The Labute approximate surface area is 122 Å². The van der Waals surface area contributed by atoms with Gasteiger partial charge in [0, 0.05) is 18.1 Å². The summed E-state index contributed by atoms with van der Waals surface area (Å²) in [6, 6.07) is 3.43. The third-order valence-electron chi connectivity index (χ3n) is 2.74. The van der Waals surface area contributed by atoms with E-state index in [4.69, 9.17) is 44.9 Å². The van der Waals surface area contributed by atoms with Crippen molar-refractivity contribution in [3.05, 3.63) is 27.7 Å². The summed E-state index contributed by atoms with van der Waals surface area (Å²) in [6.45, 7) is 2.89. The molecule has 0 aliphatic carbocycles. The molecule has 1 aromatic carbocycles. The predicted molar refractivity (Wildman–Crippen MR) is 77.1 cm³/mol. The SMILES string of the molecule is COc1c(Cl)cc(Cl)cc1C(=S)N1CCOCC1. The van der Waals surface area contributed by atoms with E-state index in [1.807, 2.05) is 0 Å². The zero-order valence-corrected chi connectivity index (χ0v) is 12.2. The summed E-state index contributed by atoms with van der Waals surface area (Å²) in [4.78, 5) is 2.77. The maximum Gasteiger partial charge on any atom is 0.147 e. The third kappa shape index (κ3) is 2.88. The number of benzene rings is 1. The molecule has 1 fully saturated rings. The minimum atomic E-state index is 0.468. The van der Waals surface area contributed by atoms with E-state index >= 15 is 0 Å². The zero-order valence-electron chi connectivity index (χ0n) is 9.91. The van der Waals surface area contributed by atoms with E-state index < -0.39 is 0 Å². The summed E-state index contributed by atoms with van der Waals surface area (Å²) in [5.41, 5.74) is 0.756. The van der Waals surface area contributed by atoms with Gasteiger partial charge in [0.05, 0.1) is 30.9 Å². The third-order valence-corrected chi connectivity index (χ3v) is 3.72. The first-order valence-corrected chi connectivity index (χ1v) is 6.70. The van der Waals surface area contributed by atoms with Gasteiger partial charge < -0.3 is 14.4 Å². The molecule has 2 rings (SSSR count). The van der Waals surface area contributed by atoms with E-state index in [1.165, 1.54) is 0 Å². The fourth-order valence-electron chi connectivity index (χ4n) is 1.86. The van der Waals surface area contributed by atoms with Crippen molar-refractivity contribution in [1.29, 1.82) is 0 Å². The van der Waals surface area contributed by atoms with Gasteiger partial charge in [0.15, 0.2) is 0 Å². The molecule has 18 heavy (non-hydrogen) atoms. The van der Waals surface area contributed by atoms with Crippen molar-refractivity contribution in [3.63, 3.8) is 0 Å². The van der Waals surface area contributed by atoms with Crippen LogP contribution >= 0.6 is 35.4 Å². The molecule has 3 nitrogen and oxygen atoms in total. The molecule has 0 bridgehead atoms. The summed E-state index contributed by atoms with van der Waals surface area (Å²) in [6.07, 6.45) is 0. The summed E-state index contributed by atoms with van der Waals surface area (Å²) in [5.74, 6) is 0.567. The molecule has 6 heteroatoms. The number of hydrogen-bond donors (Lipinski definition) is 0. The van der Waals surface area contributed by atoms with E-state index in [0.717, 1.165) is 18.7 Å². The first-order chi connectivity index (χ1) is 8.63. The molecule has 0 radical (unpaired) electrons. The second kappa shape index (κ2) is 6.06. The standard InChI is InChI=1S/C12H13Cl2NO2S/c1-16-11-9(6-8(13)7-10(11)14)12(18)15-2-4-17-5-3-15/h6-7H,2-5H2,1H3. The van der Waals surface area contributed by atoms with Gasteiger partial charge in [-0.1, -0.05) is 35.4 Å². The van der Waals surface area contributed by atoms with Crippen LogP contribution in [0.25, 0.3) is 0 Å². The fourth-order valence-corrected chi connectivity index (χ4v) is 2.77. The lowest BCUT2D eigenvalue weighted by molar-refractivity contribution is 0.0692. The monoisotopic (exact) mass is 305 g/mol. The molecule has 0 spiro atoms. The Morgan fingerprint density at radius 2 is 2.00 bits per heavy atom. The second-order valence-corrected chi connectivity index (χ2v) is 5.10. The van der Waals surface area contributed by atoms with Gasteiger partial charge in [0.2, 0.25) is 0 Å². The molecule has 1 saturated heterocycles. The second-order valence-electron chi connectivity index (χ2n) is 3.87. The number of methoxy groups -OCH3 is 1. The molecule has 0 amide bonds. The number of morpholine rings is 1. The van der Waals surface area contributed by atoms with Gasteiger partial charge in [-0.2, -0.15) is 0 Å². The lowest BCUT2D eigenvalue weighted by Crippen LogP contribution is -2.40. The minimum Gasteiger partial charge on any atom is -0.494 e. The van der Waals surface area contributed by atoms with E-state index in [1.54, 1.807) is 19.2 Å². The summed E-state index contributed by atoms with van der Waals surface area (Å²) in [7, 11) is 1.57. The lowest BCUT2D eigenvalue weighted by atomic mass is 10.1. The normalized spacial score (nSPS) is 15.6. The molecule has 1 heterocycles. The number of hydrogen-bond acceptors (Lipinski definition) is 3. The molecule has 0 atom stereocenters. The highest BCUT2D eigenvalue weighted by atomic mass is 35.5. The molecule has 1 aliphatic heterocycles. The van der Waals surface area contributed by atoms with Crippen LogP contribution in [0.3, 0.4) is 0 Å². The number of thiocarbonyl (C=S) groups is 1. The Bertz CT molecular complexity index is 462. The molecule has 0 aromatic heterocycles. The highest BCUT2D eigenvalue weighted by molar-refractivity contribution is 7.80. The van der Waals surface area contributed by atoms with Gasteiger partial charge in [-0.25, -0.2) is 0 Å². The van der Waals surface area contributed by atoms with Gasteiger partial charge in [-0.15, -0.1) is 0 Å². The van der Waals surface area contributed by atoms with E-state index in [-0.39, 0.29) is 0 Å². The Morgan fingerprint density at radius 3 is 2.61 bits per heavy atom.